The van der Waals surface area contributed by atoms with Gasteiger partial charge in [0.15, 0.2) is 0 Å². The number of benzene rings is 3. The molecule has 0 saturated carbocycles. The summed E-state index contributed by atoms with van der Waals surface area (Å²) >= 11 is 12.4. The van der Waals surface area contributed by atoms with E-state index in [1.165, 1.54) is 22.0 Å². The Bertz CT molecular complexity index is 1150. The van der Waals surface area contributed by atoms with E-state index in [1.54, 1.807) is 13.2 Å². The summed E-state index contributed by atoms with van der Waals surface area (Å²) in [6.45, 7) is 2.39. The molecule has 3 aromatic carbocycles. The molecule has 154 valence electrons. The van der Waals surface area contributed by atoms with Gasteiger partial charge < -0.3 is 14.6 Å². The third kappa shape index (κ3) is 4.65. The zero-order valence-electron chi connectivity index (χ0n) is 16.9. The van der Waals surface area contributed by atoms with E-state index in [2.05, 4.69) is 46.4 Å². The van der Waals surface area contributed by atoms with E-state index in [1.807, 2.05) is 30.3 Å². The van der Waals surface area contributed by atoms with Gasteiger partial charge in [-0.05, 0) is 53.9 Å². The fourth-order valence-corrected chi connectivity index (χ4v) is 4.25. The van der Waals surface area contributed by atoms with Crippen LogP contribution >= 0.6 is 23.2 Å². The smallest absolute Gasteiger partial charge is 0.122 e. The van der Waals surface area contributed by atoms with Gasteiger partial charge in [-0.3, -0.25) is 0 Å². The molecule has 30 heavy (non-hydrogen) atoms. The zero-order valence-corrected chi connectivity index (χ0v) is 18.4. The van der Waals surface area contributed by atoms with Crippen LogP contribution in [0.1, 0.15) is 16.7 Å². The molecular weight excluding hydrogens is 415 g/mol. The first-order valence-corrected chi connectivity index (χ1v) is 10.7. The molecule has 0 aliphatic heterocycles. The second kappa shape index (κ2) is 9.57. The molecule has 0 aliphatic rings. The molecule has 0 unspecified atom stereocenters. The van der Waals surface area contributed by atoms with E-state index in [-0.39, 0.29) is 0 Å². The summed E-state index contributed by atoms with van der Waals surface area (Å²) in [6.07, 6.45) is 3.13. The maximum atomic E-state index is 6.40. The quantitative estimate of drug-likeness (QED) is 0.325. The maximum Gasteiger partial charge on any atom is 0.122 e. The molecule has 4 aromatic rings. The van der Waals surface area contributed by atoms with E-state index < -0.39 is 0 Å². The molecule has 0 atom stereocenters. The van der Waals surface area contributed by atoms with Gasteiger partial charge in [-0.25, -0.2) is 0 Å². The highest BCUT2D eigenvalue weighted by molar-refractivity contribution is 6.35. The lowest BCUT2D eigenvalue weighted by atomic mass is 10.1. The van der Waals surface area contributed by atoms with Crippen LogP contribution < -0.4 is 10.1 Å². The van der Waals surface area contributed by atoms with Crippen LogP contribution in [0, 0.1) is 0 Å². The molecule has 0 fully saturated rings. The summed E-state index contributed by atoms with van der Waals surface area (Å²) in [5.41, 5.74) is 4.74. The first-order chi connectivity index (χ1) is 14.7. The molecule has 3 nitrogen and oxygen atoms in total. The van der Waals surface area contributed by atoms with E-state index in [4.69, 9.17) is 27.9 Å². The Morgan fingerprint density at radius 1 is 0.900 bits per heavy atom. The van der Waals surface area contributed by atoms with Crippen molar-refractivity contribution in [3.63, 3.8) is 0 Å². The molecule has 0 bridgehead atoms. The second-order valence-corrected chi connectivity index (χ2v) is 8.12. The minimum absolute atomic E-state index is 0.654. The van der Waals surface area contributed by atoms with Crippen molar-refractivity contribution in [3.05, 3.63) is 99.7 Å². The van der Waals surface area contributed by atoms with Crippen molar-refractivity contribution in [2.24, 2.45) is 0 Å². The minimum atomic E-state index is 0.654. The number of para-hydroxylation sites is 2. The summed E-state index contributed by atoms with van der Waals surface area (Å²) in [5.74, 6) is 0.941. The third-order valence-electron chi connectivity index (χ3n) is 5.31. The highest BCUT2D eigenvalue weighted by Gasteiger charge is 2.10. The van der Waals surface area contributed by atoms with E-state index in [0.29, 0.717) is 16.6 Å². The number of methoxy groups -OCH3 is 1. The van der Waals surface area contributed by atoms with Crippen molar-refractivity contribution >= 4 is 34.1 Å². The molecule has 0 aliphatic carbocycles. The van der Waals surface area contributed by atoms with E-state index in [0.717, 1.165) is 30.8 Å². The summed E-state index contributed by atoms with van der Waals surface area (Å²) < 4.78 is 7.70. The number of nitrogens with zero attached hydrogens (tertiary/aromatic N) is 1. The molecule has 1 heterocycles. The number of rotatable bonds is 8. The van der Waals surface area contributed by atoms with E-state index >= 15 is 0 Å². The Hall–Kier alpha value is -2.46. The van der Waals surface area contributed by atoms with Crippen molar-refractivity contribution in [2.45, 2.75) is 19.5 Å². The van der Waals surface area contributed by atoms with Crippen molar-refractivity contribution in [1.82, 2.24) is 9.88 Å². The molecule has 5 heteroatoms. The molecule has 0 saturated heterocycles. The van der Waals surface area contributed by atoms with Gasteiger partial charge in [0.25, 0.3) is 0 Å². The second-order valence-electron chi connectivity index (χ2n) is 7.27. The average Bonchev–Trinajstić information content (AvgIpc) is 3.11. The normalized spacial score (nSPS) is 11.2. The number of aromatic nitrogens is 1. The van der Waals surface area contributed by atoms with Gasteiger partial charge in [0.1, 0.15) is 5.75 Å². The fourth-order valence-electron chi connectivity index (χ4n) is 3.78. The zero-order chi connectivity index (χ0) is 20.9. The maximum absolute atomic E-state index is 6.40. The van der Waals surface area contributed by atoms with Gasteiger partial charge in [0.05, 0.1) is 7.11 Å². The molecule has 4 rings (SSSR count). The largest absolute Gasteiger partial charge is 0.496 e. The van der Waals surface area contributed by atoms with Crippen molar-refractivity contribution in [1.29, 1.82) is 0 Å². The average molecular weight is 439 g/mol. The van der Waals surface area contributed by atoms with Crippen LogP contribution in [-0.4, -0.2) is 18.2 Å². The van der Waals surface area contributed by atoms with Gasteiger partial charge in [-0.1, -0.05) is 65.7 Å². The number of nitrogens with one attached hydrogen (secondary N) is 1. The lowest BCUT2D eigenvalue weighted by Crippen LogP contribution is -2.16. The Balaban J connectivity index is 1.48. The van der Waals surface area contributed by atoms with Crippen LogP contribution in [0.25, 0.3) is 10.9 Å². The molecule has 0 spiro atoms. The van der Waals surface area contributed by atoms with Crippen LogP contribution in [0.15, 0.2) is 72.9 Å². The monoisotopic (exact) mass is 438 g/mol. The van der Waals surface area contributed by atoms with Crippen LogP contribution in [0.5, 0.6) is 5.75 Å². The first kappa shape index (κ1) is 20.8. The predicted molar refractivity (Wildman–Crippen MR) is 126 cm³/mol. The highest BCUT2D eigenvalue weighted by Crippen LogP contribution is 2.26. The van der Waals surface area contributed by atoms with Gasteiger partial charge in [-0.15, -0.1) is 0 Å². The van der Waals surface area contributed by atoms with Gasteiger partial charge in [-0.2, -0.15) is 0 Å². The number of ether oxygens (including phenoxy) is 1. The molecular formula is C25H24Cl2N2O. The van der Waals surface area contributed by atoms with E-state index in [9.17, 15) is 0 Å². The Morgan fingerprint density at radius 3 is 2.53 bits per heavy atom. The number of hydrogen-bond donors (Lipinski definition) is 1. The Labute approximate surface area is 187 Å². The summed E-state index contributed by atoms with van der Waals surface area (Å²) in [4.78, 5) is 0. The Morgan fingerprint density at radius 2 is 1.70 bits per heavy atom. The fraction of sp³-hybridized carbons (Fsp3) is 0.200. The van der Waals surface area contributed by atoms with Crippen LogP contribution in [0.3, 0.4) is 0 Å². The molecule has 1 aromatic heterocycles. The lowest BCUT2D eigenvalue weighted by molar-refractivity contribution is 0.409. The van der Waals surface area contributed by atoms with Crippen molar-refractivity contribution < 1.29 is 4.74 Å². The first-order valence-electron chi connectivity index (χ1n) is 9.99. The lowest BCUT2D eigenvalue weighted by Gasteiger charge is -2.09. The molecule has 0 radical (unpaired) electrons. The van der Waals surface area contributed by atoms with Crippen molar-refractivity contribution in [3.8, 4) is 5.75 Å². The Kier molecular flexibility index (Phi) is 6.63. The summed E-state index contributed by atoms with van der Waals surface area (Å²) in [7, 11) is 1.72. The van der Waals surface area contributed by atoms with Crippen molar-refractivity contribution in [2.75, 3.05) is 13.7 Å². The molecule has 1 N–H and O–H groups in total. The summed E-state index contributed by atoms with van der Waals surface area (Å²) in [6, 6.07) is 22.3. The van der Waals surface area contributed by atoms with Crippen LogP contribution in [0.2, 0.25) is 10.0 Å². The highest BCUT2D eigenvalue weighted by atomic mass is 35.5. The standard InChI is InChI=1S/C25H24Cl2N2O/c1-30-25-9-5-2-6-18(25)12-13-28-15-20-17-29(24-8-4-3-7-22(20)24)16-19-10-11-21(26)14-23(19)27/h2-11,14,17,28H,12-13,15-16H2,1H3. The predicted octanol–water partition coefficient (Wildman–Crippen LogP) is 6.34. The number of halogens is 2. The minimum Gasteiger partial charge on any atom is -0.496 e. The third-order valence-corrected chi connectivity index (χ3v) is 5.89. The number of hydrogen-bond acceptors (Lipinski definition) is 2. The van der Waals surface area contributed by atoms with Crippen LogP contribution in [0.4, 0.5) is 0 Å². The van der Waals surface area contributed by atoms with Gasteiger partial charge in [0, 0.05) is 40.2 Å². The van der Waals surface area contributed by atoms with Gasteiger partial charge in [0.2, 0.25) is 0 Å². The number of fused-ring (bicyclic) bond motifs is 1. The SMILES string of the molecule is COc1ccccc1CCNCc1cn(Cc2ccc(Cl)cc2Cl)c2ccccc12. The summed E-state index contributed by atoms with van der Waals surface area (Å²) in [5, 5.41) is 6.18. The molecule has 0 amide bonds. The van der Waals surface area contributed by atoms with Crippen LogP contribution in [-0.2, 0) is 19.5 Å². The topological polar surface area (TPSA) is 26.2 Å². The van der Waals surface area contributed by atoms with Gasteiger partial charge >= 0.3 is 0 Å².